The maximum absolute atomic E-state index is 11.6. The lowest BCUT2D eigenvalue weighted by Gasteiger charge is -2.34. The largest absolute Gasteiger partial charge is 0.465 e. The van der Waals surface area contributed by atoms with E-state index in [-0.39, 0.29) is 6.04 Å². The molecular formula is C12H22N2O5. The van der Waals surface area contributed by atoms with Crippen LogP contribution in [0.1, 0.15) is 40.0 Å². The van der Waals surface area contributed by atoms with Crippen molar-refractivity contribution in [1.82, 2.24) is 10.6 Å². The van der Waals surface area contributed by atoms with Crippen LogP contribution in [0.2, 0.25) is 0 Å². The highest BCUT2D eigenvalue weighted by Crippen LogP contribution is 2.20. The number of aliphatic hydroxyl groups excluding tert-OH is 1. The molecule has 1 fully saturated rings. The molecule has 0 saturated heterocycles. The van der Waals surface area contributed by atoms with Crippen LogP contribution in [-0.4, -0.2) is 46.2 Å². The van der Waals surface area contributed by atoms with E-state index in [2.05, 4.69) is 10.6 Å². The third-order valence-electron chi connectivity index (χ3n) is 2.84. The Morgan fingerprint density at radius 2 is 1.84 bits per heavy atom. The minimum atomic E-state index is -1.10. The molecule has 1 aliphatic carbocycles. The predicted molar refractivity (Wildman–Crippen MR) is 68.0 cm³/mol. The first-order chi connectivity index (χ1) is 8.67. The number of carbonyl (C=O) groups excluding carboxylic acids is 1. The summed E-state index contributed by atoms with van der Waals surface area (Å²) in [5.41, 5.74) is -0.609. The third-order valence-corrected chi connectivity index (χ3v) is 2.84. The average molecular weight is 274 g/mol. The second-order valence-corrected chi connectivity index (χ2v) is 5.78. The molecule has 3 unspecified atom stereocenters. The van der Waals surface area contributed by atoms with Crippen LogP contribution in [0.15, 0.2) is 0 Å². The number of nitrogens with one attached hydrogen (secondary N) is 2. The maximum atomic E-state index is 11.6. The molecule has 1 aliphatic rings. The van der Waals surface area contributed by atoms with Crippen molar-refractivity contribution in [1.29, 1.82) is 0 Å². The first kappa shape index (κ1) is 15.6. The summed E-state index contributed by atoms with van der Waals surface area (Å²) in [6, 6.07) is -0.763. The van der Waals surface area contributed by atoms with Gasteiger partial charge in [0.2, 0.25) is 0 Å². The minimum Gasteiger partial charge on any atom is -0.465 e. The highest BCUT2D eigenvalue weighted by Gasteiger charge is 2.32. The van der Waals surface area contributed by atoms with Crippen LogP contribution in [0.4, 0.5) is 9.59 Å². The Labute approximate surface area is 112 Å². The molecular weight excluding hydrogens is 252 g/mol. The van der Waals surface area contributed by atoms with Gasteiger partial charge in [0.15, 0.2) is 0 Å². The van der Waals surface area contributed by atoms with Gasteiger partial charge in [-0.2, -0.15) is 0 Å². The van der Waals surface area contributed by atoms with Crippen LogP contribution < -0.4 is 10.6 Å². The zero-order valence-corrected chi connectivity index (χ0v) is 11.5. The third kappa shape index (κ3) is 5.78. The van der Waals surface area contributed by atoms with Gasteiger partial charge in [-0.15, -0.1) is 0 Å². The lowest BCUT2D eigenvalue weighted by Crippen LogP contribution is -2.52. The summed E-state index contributed by atoms with van der Waals surface area (Å²) in [5, 5.41) is 23.4. The first-order valence-corrected chi connectivity index (χ1v) is 6.34. The average Bonchev–Trinajstić information content (AvgIpc) is 2.19. The molecule has 0 bridgehead atoms. The number of carbonyl (C=O) groups is 2. The summed E-state index contributed by atoms with van der Waals surface area (Å²) in [4.78, 5) is 22.2. The highest BCUT2D eigenvalue weighted by molar-refractivity contribution is 5.68. The van der Waals surface area contributed by atoms with Crippen molar-refractivity contribution in [3.05, 3.63) is 0 Å². The Bertz CT molecular complexity index is 340. The molecule has 2 amide bonds. The van der Waals surface area contributed by atoms with Gasteiger partial charge in [-0.3, -0.25) is 0 Å². The maximum Gasteiger partial charge on any atom is 0.407 e. The Morgan fingerprint density at radius 3 is 2.37 bits per heavy atom. The number of alkyl carbamates (subject to hydrolysis) is 1. The molecule has 0 spiro atoms. The number of hydrogen-bond donors (Lipinski definition) is 4. The van der Waals surface area contributed by atoms with E-state index >= 15 is 0 Å². The first-order valence-electron chi connectivity index (χ1n) is 6.34. The fraction of sp³-hybridized carbons (Fsp3) is 0.833. The fourth-order valence-electron chi connectivity index (χ4n) is 2.07. The van der Waals surface area contributed by atoms with Gasteiger partial charge in [-0.25, -0.2) is 9.59 Å². The van der Waals surface area contributed by atoms with Crippen molar-refractivity contribution in [2.75, 3.05) is 0 Å². The molecule has 19 heavy (non-hydrogen) atoms. The fourth-order valence-corrected chi connectivity index (χ4v) is 2.07. The number of carboxylic acid groups (broad SMARTS) is 1. The van der Waals surface area contributed by atoms with E-state index in [1.54, 1.807) is 20.8 Å². The second kappa shape index (κ2) is 6.10. The van der Waals surface area contributed by atoms with Gasteiger partial charge >= 0.3 is 12.2 Å². The SMILES string of the molecule is CC(C)(C)OC(=O)NC1CC(NC(=O)O)CCC1O. The van der Waals surface area contributed by atoms with Gasteiger partial charge in [-0.05, 0) is 40.0 Å². The van der Waals surface area contributed by atoms with Crippen LogP contribution in [0.3, 0.4) is 0 Å². The minimum absolute atomic E-state index is 0.263. The van der Waals surface area contributed by atoms with E-state index in [4.69, 9.17) is 9.84 Å². The summed E-state index contributed by atoms with van der Waals surface area (Å²) in [6.07, 6.45) is -1.04. The summed E-state index contributed by atoms with van der Waals surface area (Å²) < 4.78 is 5.11. The van der Waals surface area contributed by atoms with Gasteiger partial charge in [0.1, 0.15) is 5.60 Å². The number of ether oxygens (including phenoxy) is 1. The lowest BCUT2D eigenvalue weighted by molar-refractivity contribution is 0.0335. The zero-order chi connectivity index (χ0) is 14.6. The Balaban J connectivity index is 2.50. The molecule has 110 valence electrons. The lowest BCUT2D eigenvalue weighted by atomic mass is 9.88. The van der Waals surface area contributed by atoms with E-state index in [1.807, 2.05) is 0 Å². The van der Waals surface area contributed by atoms with Gasteiger partial charge in [0.05, 0.1) is 12.1 Å². The summed E-state index contributed by atoms with van der Waals surface area (Å²) >= 11 is 0. The molecule has 0 aromatic carbocycles. The predicted octanol–water partition coefficient (Wildman–Crippen LogP) is 1.06. The van der Waals surface area contributed by atoms with E-state index in [0.717, 1.165) is 0 Å². The van der Waals surface area contributed by atoms with E-state index in [9.17, 15) is 14.7 Å². The molecule has 7 nitrogen and oxygen atoms in total. The van der Waals surface area contributed by atoms with Crippen LogP contribution >= 0.6 is 0 Å². The summed E-state index contributed by atoms with van der Waals surface area (Å²) in [7, 11) is 0. The van der Waals surface area contributed by atoms with E-state index < -0.39 is 29.9 Å². The molecule has 3 atom stereocenters. The number of aliphatic hydroxyl groups is 1. The Kier molecular flexibility index (Phi) is 4.99. The number of rotatable bonds is 2. The monoisotopic (exact) mass is 274 g/mol. The van der Waals surface area contributed by atoms with Crippen molar-refractivity contribution in [3.63, 3.8) is 0 Å². The van der Waals surface area contributed by atoms with Crippen LogP contribution in [0.5, 0.6) is 0 Å². The zero-order valence-electron chi connectivity index (χ0n) is 11.5. The highest BCUT2D eigenvalue weighted by atomic mass is 16.6. The smallest absolute Gasteiger partial charge is 0.407 e. The van der Waals surface area contributed by atoms with Crippen molar-refractivity contribution >= 4 is 12.2 Å². The molecule has 7 heteroatoms. The quantitative estimate of drug-likeness (QED) is 0.602. The molecule has 1 saturated carbocycles. The topological polar surface area (TPSA) is 108 Å². The van der Waals surface area contributed by atoms with E-state index in [0.29, 0.717) is 19.3 Å². The van der Waals surface area contributed by atoms with Crippen LogP contribution in [0, 0.1) is 0 Å². The second-order valence-electron chi connectivity index (χ2n) is 5.78. The van der Waals surface area contributed by atoms with Gasteiger partial charge < -0.3 is 25.6 Å². The standard InChI is InChI=1S/C12H22N2O5/c1-12(2,3)19-11(18)14-8-6-7(13-10(16)17)4-5-9(8)15/h7-9,13,15H,4-6H2,1-3H3,(H,14,18)(H,16,17). The normalized spacial score (nSPS) is 27.5. The van der Waals surface area contributed by atoms with E-state index in [1.165, 1.54) is 0 Å². The summed E-state index contributed by atoms with van der Waals surface area (Å²) in [5.74, 6) is 0. The van der Waals surface area contributed by atoms with Gasteiger partial charge in [0, 0.05) is 6.04 Å². The molecule has 0 radical (unpaired) electrons. The summed E-state index contributed by atoms with van der Waals surface area (Å²) in [6.45, 7) is 5.25. The van der Waals surface area contributed by atoms with Gasteiger partial charge in [0.25, 0.3) is 0 Å². The molecule has 0 heterocycles. The molecule has 0 aromatic rings. The molecule has 1 rings (SSSR count). The van der Waals surface area contributed by atoms with Gasteiger partial charge in [-0.1, -0.05) is 0 Å². The van der Waals surface area contributed by atoms with Crippen molar-refractivity contribution < 1.29 is 24.5 Å². The van der Waals surface area contributed by atoms with Crippen molar-refractivity contribution in [2.24, 2.45) is 0 Å². The number of amides is 2. The van der Waals surface area contributed by atoms with Crippen molar-refractivity contribution in [2.45, 2.75) is 63.8 Å². The van der Waals surface area contributed by atoms with Crippen molar-refractivity contribution in [3.8, 4) is 0 Å². The molecule has 0 aliphatic heterocycles. The Morgan fingerprint density at radius 1 is 1.21 bits per heavy atom. The Hall–Kier alpha value is -1.50. The molecule has 4 N–H and O–H groups in total. The number of hydrogen-bond acceptors (Lipinski definition) is 4. The van der Waals surface area contributed by atoms with Crippen LogP contribution in [0.25, 0.3) is 0 Å². The van der Waals surface area contributed by atoms with Crippen LogP contribution in [-0.2, 0) is 4.74 Å². The molecule has 0 aromatic heterocycles.